The van der Waals surface area contributed by atoms with Gasteiger partial charge in [-0.05, 0) is 30.6 Å². The van der Waals surface area contributed by atoms with Gasteiger partial charge in [-0.3, -0.25) is 4.79 Å². The van der Waals surface area contributed by atoms with E-state index in [0.717, 1.165) is 19.3 Å². The lowest BCUT2D eigenvalue weighted by Crippen LogP contribution is -2.14. The van der Waals surface area contributed by atoms with Crippen molar-refractivity contribution in [1.82, 2.24) is 0 Å². The normalized spacial score (nSPS) is 23.9. The molecule has 0 spiro atoms. The second-order valence-electron chi connectivity index (χ2n) is 7.16. The summed E-state index contributed by atoms with van der Waals surface area (Å²) in [6.07, 6.45) is 5.15. The summed E-state index contributed by atoms with van der Waals surface area (Å²) in [5.41, 5.74) is -0.221. The van der Waals surface area contributed by atoms with Crippen molar-refractivity contribution in [2.45, 2.75) is 39.7 Å². The van der Waals surface area contributed by atoms with E-state index in [1.807, 2.05) is 19.9 Å². The third kappa shape index (κ3) is 2.93. The van der Waals surface area contributed by atoms with E-state index >= 15 is 0 Å². The molecule has 2 nitrogen and oxygen atoms in total. The van der Waals surface area contributed by atoms with E-state index < -0.39 is 53.1 Å². The minimum Gasteiger partial charge on any atom is -0.460 e. The Labute approximate surface area is 141 Å². The van der Waals surface area contributed by atoms with Crippen LogP contribution in [0.5, 0.6) is 0 Å². The largest absolute Gasteiger partial charge is 0.460 e. The van der Waals surface area contributed by atoms with E-state index in [0.29, 0.717) is 0 Å². The van der Waals surface area contributed by atoms with Crippen LogP contribution in [0.15, 0.2) is 11.6 Å². The van der Waals surface area contributed by atoms with E-state index in [9.17, 15) is 26.7 Å². The Morgan fingerprint density at radius 2 is 1.56 bits per heavy atom. The molecule has 2 aliphatic rings. The van der Waals surface area contributed by atoms with Gasteiger partial charge in [0.25, 0.3) is 0 Å². The Kier molecular flexibility index (Phi) is 4.37. The Morgan fingerprint density at radius 3 is 2.04 bits per heavy atom. The third-order valence-corrected chi connectivity index (χ3v) is 5.24. The summed E-state index contributed by atoms with van der Waals surface area (Å²) >= 11 is 0. The van der Waals surface area contributed by atoms with E-state index in [4.69, 9.17) is 4.74 Å². The molecular weight excluding hydrogens is 343 g/mol. The number of rotatable bonds is 4. The van der Waals surface area contributed by atoms with Crippen molar-refractivity contribution in [2.75, 3.05) is 0 Å². The molecular formula is C18H17F5O2. The zero-order chi connectivity index (χ0) is 18.5. The number of benzene rings is 1. The molecule has 0 aliphatic heterocycles. The van der Waals surface area contributed by atoms with Gasteiger partial charge in [-0.25, -0.2) is 22.0 Å². The molecule has 1 aromatic carbocycles. The number of allylic oxidation sites excluding steroid dienone is 2. The molecule has 0 aromatic heterocycles. The third-order valence-electron chi connectivity index (χ3n) is 5.24. The van der Waals surface area contributed by atoms with Gasteiger partial charge in [0, 0.05) is 0 Å². The van der Waals surface area contributed by atoms with Crippen LogP contribution in [0.2, 0.25) is 0 Å². The van der Waals surface area contributed by atoms with E-state index in [-0.39, 0.29) is 11.3 Å². The van der Waals surface area contributed by atoms with Gasteiger partial charge in [-0.2, -0.15) is 0 Å². The molecule has 2 unspecified atom stereocenters. The first kappa shape index (κ1) is 17.9. The predicted octanol–water partition coefficient (Wildman–Crippen LogP) is 4.81. The van der Waals surface area contributed by atoms with E-state index in [1.54, 1.807) is 0 Å². The molecule has 0 bridgehead atoms. The summed E-state index contributed by atoms with van der Waals surface area (Å²) in [5, 5.41) is 0. The molecule has 0 heterocycles. The Balaban J connectivity index is 1.71. The van der Waals surface area contributed by atoms with Gasteiger partial charge in [0.05, 0.1) is 11.5 Å². The lowest BCUT2D eigenvalue weighted by Gasteiger charge is -2.16. The molecule has 7 heteroatoms. The summed E-state index contributed by atoms with van der Waals surface area (Å²) in [5.74, 6) is -11.5. The predicted molar refractivity (Wildman–Crippen MR) is 78.7 cm³/mol. The highest BCUT2D eigenvalue weighted by atomic mass is 19.2. The van der Waals surface area contributed by atoms with Crippen LogP contribution in [0.4, 0.5) is 22.0 Å². The van der Waals surface area contributed by atoms with Gasteiger partial charge in [0.2, 0.25) is 5.82 Å². The molecule has 0 amide bonds. The second kappa shape index (κ2) is 6.11. The first-order valence-electron chi connectivity index (χ1n) is 8.02. The van der Waals surface area contributed by atoms with Crippen LogP contribution in [0, 0.1) is 46.3 Å². The van der Waals surface area contributed by atoms with E-state index in [1.165, 1.54) is 5.57 Å². The van der Waals surface area contributed by atoms with Crippen LogP contribution in [-0.4, -0.2) is 5.97 Å². The highest BCUT2D eigenvalue weighted by molar-refractivity contribution is 5.78. The van der Waals surface area contributed by atoms with Gasteiger partial charge >= 0.3 is 5.97 Å². The number of halogens is 5. The maximum absolute atomic E-state index is 13.6. The number of hydrogen-bond donors (Lipinski definition) is 0. The van der Waals surface area contributed by atoms with Crippen molar-refractivity contribution in [2.24, 2.45) is 17.3 Å². The first-order valence-corrected chi connectivity index (χ1v) is 8.02. The highest BCUT2D eigenvalue weighted by Crippen LogP contribution is 2.60. The minimum absolute atomic E-state index is 0.0355. The smallest absolute Gasteiger partial charge is 0.310 e. The number of carbonyl (C=O) groups is 1. The van der Waals surface area contributed by atoms with Gasteiger partial charge in [0.1, 0.15) is 6.61 Å². The molecule has 25 heavy (non-hydrogen) atoms. The number of hydrogen-bond acceptors (Lipinski definition) is 2. The number of esters is 1. The summed E-state index contributed by atoms with van der Waals surface area (Å²) in [4.78, 5) is 12.2. The summed E-state index contributed by atoms with van der Waals surface area (Å²) in [7, 11) is 0. The highest BCUT2D eigenvalue weighted by Gasteiger charge is 2.61. The monoisotopic (exact) mass is 360 g/mol. The van der Waals surface area contributed by atoms with Crippen LogP contribution in [-0.2, 0) is 16.1 Å². The summed E-state index contributed by atoms with van der Waals surface area (Å²) in [6, 6.07) is 0. The molecule has 2 saturated carbocycles. The second-order valence-corrected chi connectivity index (χ2v) is 7.16. The molecule has 2 aliphatic carbocycles. The topological polar surface area (TPSA) is 26.3 Å². The fraction of sp³-hybridized carbons (Fsp3) is 0.500. The van der Waals surface area contributed by atoms with Gasteiger partial charge in [-0.1, -0.05) is 25.5 Å². The van der Waals surface area contributed by atoms with E-state index in [2.05, 4.69) is 0 Å². The maximum atomic E-state index is 13.6. The summed E-state index contributed by atoms with van der Waals surface area (Å²) < 4.78 is 71.4. The fourth-order valence-corrected chi connectivity index (χ4v) is 3.25. The van der Waals surface area contributed by atoms with Crippen LogP contribution < -0.4 is 0 Å². The van der Waals surface area contributed by atoms with Crippen LogP contribution in [0.25, 0.3) is 0 Å². The quantitative estimate of drug-likeness (QED) is 0.253. The zero-order valence-corrected chi connectivity index (χ0v) is 13.8. The van der Waals surface area contributed by atoms with Crippen LogP contribution >= 0.6 is 0 Å². The molecule has 136 valence electrons. The zero-order valence-electron chi connectivity index (χ0n) is 13.8. The van der Waals surface area contributed by atoms with Crippen molar-refractivity contribution < 1.29 is 31.5 Å². The molecule has 2 fully saturated rings. The molecule has 0 N–H and O–H groups in total. The van der Waals surface area contributed by atoms with Gasteiger partial charge in [-0.15, -0.1) is 0 Å². The Morgan fingerprint density at radius 1 is 1.04 bits per heavy atom. The van der Waals surface area contributed by atoms with Gasteiger partial charge < -0.3 is 4.74 Å². The minimum atomic E-state index is -2.24. The molecule has 2 atom stereocenters. The number of carbonyl (C=O) groups excluding carboxylic acids is 1. The molecule has 0 saturated heterocycles. The van der Waals surface area contributed by atoms with Crippen molar-refractivity contribution in [3.63, 3.8) is 0 Å². The summed E-state index contributed by atoms with van der Waals surface area (Å²) in [6.45, 7) is 2.75. The first-order chi connectivity index (χ1) is 11.7. The Bertz CT molecular complexity index is 734. The average Bonchev–Trinajstić information content (AvgIpc) is 3.07. The van der Waals surface area contributed by atoms with Crippen molar-refractivity contribution >= 4 is 5.97 Å². The lowest BCUT2D eigenvalue weighted by atomic mass is 9.90. The van der Waals surface area contributed by atoms with Crippen molar-refractivity contribution in [1.29, 1.82) is 0 Å². The standard InChI is InChI=1S/C18H17F5O2/c1-18(2)10(6-8-4-3-5-8)11(18)17(24)25-7-9-12(19)14(21)16(23)15(22)13(9)20/h6,10-11H,3-5,7H2,1-2H3. The molecule has 0 radical (unpaired) electrons. The number of ether oxygens (including phenoxy) is 1. The Hall–Kier alpha value is -1.92. The molecule has 3 rings (SSSR count). The van der Waals surface area contributed by atoms with Crippen molar-refractivity contribution in [3.05, 3.63) is 46.3 Å². The van der Waals surface area contributed by atoms with Crippen LogP contribution in [0.3, 0.4) is 0 Å². The van der Waals surface area contributed by atoms with Crippen molar-refractivity contribution in [3.8, 4) is 0 Å². The molecule has 1 aromatic rings. The maximum Gasteiger partial charge on any atom is 0.310 e. The van der Waals surface area contributed by atoms with Crippen LogP contribution in [0.1, 0.15) is 38.7 Å². The fourth-order valence-electron chi connectivity index (χ4n) is 3.25. The average molecular weight is 360 g/mol. The SMILES string of the molecule is CC1(C)C(C=C2CCC2)C1C(=O)OCc1c(F)c(F)c(F)c(F)c1F. The van der Waals surface area contributed by atoms with Gasteiger partial charge in [0.15, 0.2) is 23.3 Å². The lowest BCUT2D eigenvalue weighted by molar-refractivity contribution is -0.147.